The predicted molar refractivity (Wildman–Crippen MR) is 183 cm³/mol. The third-order valence-electron chi connectivity index (χ3n) is 8.91. The van der Waals surface area contributed by atoms with Crippen molar-refractivity contribution in [2.45, 2.75) is 91.9 Å². The van der Waals surface area contributed by atoms with Crippen molar-refractivity contribution in [1.82, 2.24) is 4.90 Å². The first-order valence-electron chi connectivity index (χ1n) is 17.4. The Kier molecular flexibility index (Phi) is 15.6. The van der Waals surface area contributed by atoms with Gasteiger partial charge in [-0.05, 0) is 69.1 Å². The molecule has 248 valence electrons. The maximum absolute atomic E-state index is 13.2. The monoisotopic (exact) mass is 622 g/mol. The topological polar surface area (TPSA) is 85.8 Å². The molecule has 0 aliphatic carbocycles. The van der Waals surface area contributed by atoms with Gasteiger partial charge in [0, 0.05) is 42.5 Å². The van der Waals surface area contributed by atoms with Crippen LogP contribution in [0.4, 0.5) is 5.69 Å². The highest BCUT2D eigenvalue weighted by Crippen LogP contribution is 2.28. The fourth-order valence-electron chi connectivity index (χ4n) is 6.14. The minimum absolute atomic E-state index is 0.0744. The molecule has 0 aliphatic heterocycles. The van der Waals surface area contributed by atoms with Crippen LogP contribution in [-0.2, 0) is 0 Å². The first kappa shape index (κ1) is 36.2. The number of hydrogen-bond acceptors (Lipinski definition) is 6. The molecule has 3 rings (SSSR count). The van der Waals surface area contributed by atoms with Crippen molar-refractivity contribution >= 4 is 22.4 Å². The highest BCUT2D eigenvalue weighted by Gasteiger charge is 2.26. The molecule has 0 aliphatic rings. The number of nitro groups is 1. The van der Waals surface area contributed by atoms with Crippen LogP contribution in [0.5, 0.6) is 5.75 Å². The SMILES string of the molecule is CCCCN(CCCC)CCC[N+](CCCC)(CCCC)CCCOc1ccc(C(=O)c2coc3ccc([N+](=O)[O-])cc23)cc1. The number of non-ortho nitro benzene ring substituents is 1. The lowest BCUT2D eigenvalue weighted by molar-refractivity contribution is -0.929. The Bertz CT molecular complexity index is 1290. The average Bonchev–Trinajstić information content (AvgIpc) is 3.49. The van der Waals surface area contributed by atoms with E-state index < -0.39 is 4.92 Å². The van der Waals surface area contributed by atoms with Gasteiger partial charge in [0.1, 0.15) is 17.6 Å². The molecule has 0 saturated heterocycles. The number of benzene rings is 2. The Hall–Kier alpha value is -3.23. The van der Waals surface area contributed by atoms with Gasteiger partial charge in [-0.25, -0.2) is 0 Å². The van der Waals surface area contributed by atoms with Crippen LogP contribution in [0.25, 0.3) is 11.0 Å². The number of nitro benzene ring substituents is 1. The Labute approximate surface area is 270 Å². The quantitative estimate of drug-likeness (QED) is 0.0326. The van der Waals surface area contributed by atoms with Crippen LogP contribution < -0.4 is 4.74 Å². The molecule has 2 aromatic carbocycles. The van der Waals surface area contributed by atoms with Gasteiger partial charge < -0.3 is 18.5 Å². The highest BCUT2D eigenvalue weighted by molar-refractivity contribution is 6.16. The second-order valence-electron chi connectivity index (χ2n) is 12.5. The van der Waals surface area contributed by atoms with Crippen molar-refractivity contribution in [3.8, 4) is 5.75 Å². The number of carbonyl (C=O) groups excluding carboxylic acids is 1. The zero-order valence-electron chi connectivity index (χ0n) is 28.2. The number of ether oxygens (including phenoxy) is 1. The van der Waals surface area contributed by atoms with Gasteiger partial charge in [0.15, 0.2) is 5.78 Å². The number of quaternary nitrogens is 1. The fraction of sp³-hybridized carbons (Fsp3) is 0.595. The van der Waals surface area contributed by atoms with Gasteiger partial charge in [0.2, 0.25) is 0 Å². The zero-order valence-corrected chi connectivity index (χ0v) is 28.2. The third kappa shape index (κ3) is 11.3. The molecule has 0 saturated carbocycles. The summed E-state index contributed by atoms with van der Waals surface area (Å²) >= 11 is 0. The summed E-state index contributed by atoms with van der Waals surface area (Å²) in [5.74, 6) is 0.500. The van der Waals surface area contributed by atoms with E-state index in [0.29, 0.717) is 28.7 Å². The van der Waals surface area contributed by atoms with Crippen molar-refractivity contribution in [3.05, 3.63) is 70.0 Å². The Morgan fingerprint density at radius 1 is 0.800 bits per heavy atom. The predicted octanol–water partition coefficient (Wildman–Crippen LogP) is 9.05. The molecule has 0 N–H and O–H groups in total. The summed E-state index contributed by atoms with van der Waals surface area (Å²) in [4.78, 5) is 26.7. The number of rotatable bonds is 24. The molecule has 0 radical (unpaired) electrons. The largest absolute Gasteiger partial charge is 0.493 e. The second-order valence-corrected chi connectivity index (χ2v) is 12.5. The van der Waals surface area contributed by atoms with Gasteiger partial charge in [-0.3, -0.25) is 14.9 Å². The van der Waals surface area contributed by atoms with E-state index in [1.165, 1.54) is 126 Å². The van der Waals surface area contributed by atoms with Crippen LogP contribution in [0.1, 0.15) is 108 Å². The van der Waals surface area contributed by atoms with Crippen molar-refractivity contribution in [2.75, 3.05) is 52.4 Å². The number of furan rings is 1. The molecule has 1 aromatic heterocycles. The van der Waals surface area contributed by atoms with E-state index in [4.69, 9.17) is 9.15 Å². The van der Waals surface area contributed by atoms with Crippen molar-refractivity contribution in [2.24, 2.45) is 0 Å². The molecular formula is C37H56N3O5+. The van der Waals surface area contributed by atoms with E-state index in [9.17, 15) is 14.9 Å². The standard InChI is InChI=1S/C37H56N3O5/c1-5-9-21-38(22-10-6-2)23-13-26-40(24-11-7-3,25-12-8-4)27-14-28-44-33-18-15-31(16-19-33)37(41)35-30-45-36-20-17-32(39(42)43)29-34(35)36/h15-20,29-30H,5-14,21-28H2,1-4H3/q+1. The molecule has 3 aromatic rings. The summed E-state index contributed by atoms with van der Waals surface area (Å²) in [6.45, 7) is 18.3. The van der Waals surface area contributed by atoms with Crippen molar-refractivity contribution < 1.29 is 23.4 Å². The lowest BCUT2D eigenvalue weighted by Crippen LogP contribution is -2.51. The number of hydrogen-bond donors (Lipinski definition) is 0. The van der Waals surface area contributed by atoms with Crippen molar-refractivity contribution in [3.63, 3.8) is 0 Å². The number of unbranched alkanes of at least 4 members (excludes halogenated alkanes) is 4. The van der Waals surface area contributed by atoms with Crippen LogP contribution in [0.3, 0.4) is 0 Å². The molecule has 0 bridgehead atoms. The van der Waals surface area contributed by atoms with Gasteiger partial charge in [-0.15, -0.1) is 0 Å². The maximum Gasteiger partial charge on any atom is 0.270 e. The second kappa shape index (κ2) is 19.3. The molecule has 1 heterocycles. The molecule has 45 heavy (non-hydrogen) atoms. The Morgan fingerprint density at radius 3 is 1.98 bits per heavy atom. The smallest absolute Gasteiger partial charge is 0.270 e. The molecule has 0 amide bonds. The average molecular weight is 623 g/mol. The normalized spacial score (nSPS) is 11.8. The van der Waals surface area contributed by atoms with Crippen LogP contribution in [0, 0.1) is 10.1 Å². The van der Waals surface area contributed by atoms with E-state index in [1.807, 2.05) is 12.1 Å². The van der Waals surface area contributed by atoms with Crippen LogP contribution in [0.15, 0.2) is 53.1 Å². The molecule has 0 fully saturated rings. The minimum atomic E-state index is -0.472. The number of fused-ring (bicyclic) bond motifs is 1. The molecule has 0 spiro atoms. The number of ketones is 1. The lowest BCUT2D eigenvalue weighted by Gasteiger charge is -2.40. The number of nitrogens with zero attached hydrogens (tertiary/aromatic N) is 3. The lowest BCUT2D eigenvalue weighted by atomic mass is 10.0. The van der Waals surface area contributed by atoms with E-state index >= 15 is 0 Å². The summed E-state index contributed by atoms with van der Waals surface area (Å²) in [5, 5.41) is 11.7. The molecular weight excluding hydrogens is 566 g/mol. The summed E-state index contributed by atoms with van der Waals surface area (Å²) < 4.78 is 12.8. The third-order valence-corrected chi connectivity index (χ3v) is 8.91. The first-order valence-corrected chi connectivity index (χ1v) is 17.4. The summed E-state index contributed by atoms with van der Waals surface area (Å²) in [7, 11) is 0. The summed E-state index contributed by atoms with van der Waals surface area (Å²) in [6.07, 6.45) is 13.6. The van der Waals surface area contributed by atoms with Crippen LogP contribution >= 0.6 is 0 Å². The fourth-order valence-corrected chi connectivity index (χ4v) is 6.14. The van der Waals surface area contributed by atoms with E-state index in [2.05, 4.69) is 32.6 Å². The first-order chi connectivity index (χ1) is 21.9. The Morgan fingerprint density at radius 2 is 1.38 bits per heavy atom. The molecule has 8 nitrogen and oxygen atoms in total. The highest BCUT2D eigenvalue weighted by atomic mass is 16.6. The van der Waals surface area contributed by atoms with E-state index in [1.54, 1.807) is 12.1 Å². The van der Waals surface area contributed by atoms with Gasteiger partial charge in [-0.1, -0.05) is 53.4 Å². The van der Waals surface area contributed by atoms with Gasteiger partial charge in [-0.2, -0.15) is 0 Å². The van der Waals surface area contributed by atoms with Gasteiger partial charge in [0.25, 0.3) is 5.69 Å². The van der Waals surface area contributed by atoms with Crippen LogP contribution in [0.2, 0.25) is 0 Å². The van der Waals surface area contributed by atoms with E-state index in [0.717, 1.165) is 18.7 Å². The summed E-state index contributed by atoms with van der Waals surface area (Å²) in [5.41, 5.74) is 1.17. The zero-order chi connectivity index (χ0) is 32.5. The van der Waals surface area contributed by atoms with Crippen molar-refractivity contribution in [1.29, 1.82) is 0 Å². The molecule has 0 atom stereocenters. The Balaban J connectivity index is 1.59. The molecule has 8 heteroatoms. The van der Waals surface area contributed by atoms with Crippen LogP contribution in [-0.4, -0.2) is 72.5 Å². The van der Waals surface area contributed by atoms with E-state index in [-0.39, 0.29) is 11.5 Å². The minimum Gasteiger partial charge on any atom is -0.493 e. The molecule has 0 unspecified atom stereocenters. The summed E-state index contributed by atoms with van der Waals surface area (Å²) in [6, 6.07) is 11.4. The number of carbonyl (C=O) groups is 1. The van der Waals surface area contributed by atoms with Gasteiger partial charge in [0.05, 0.1) is 43.3 Å². The van der Waals surface area contributed by atoms with Gasteiger partial charge >= 0.3 is 0 Å². The maximum atomic E-state index is 13.2.